The molecule has 2 amide bonds. The Morgan fingerprint density at radius 1 is 0.969 bits per heavy atom. The average molecular weight is 451 g/mol. The molecule has 8 heteroatoms. The average Bonchev–Trinajstić information content (AvgIpc) is 3.34. The summed E-state index contributed by atoms with van der Waals surface area (Å²) < 4.78 is 26.1. The molecule has 0 radical (unpaired) electrons. The van der Waals surface area contributed by atoms with Crippen LogP contribution >= 0.6 is 0 Å². The predicted octanol–water partition coefficient (Wildman–Crippen LogP) is 3.98. The molecular formula is C24H26N4O3S. The maximum atomic E-state index is 13.0. The molecule has 32 heavy (non-hydrogen) atoms. The molecule has 0 spiro atoms. The number of aromatic nitrogens is 1. The van der Waals surface area contributed by atoms with Crippen molar-refractivity contribution in [2.75, 3.05) is 23.3 Å². The highest BCUT2D eigenvalue weighted by atomic mass is 32.2. The molecule has 1 aromatic heterocycles. The van der Waals surface area contributed by atoms with Crippen molar-refractivity contribution >= 4 is 27.2 Å². The van der Waals surface area contributed by atoms with Crippen molar-refractivity contribution in [1.29, 1.82) is 0 Å². The number of benzene rings is 2. The molecule has 2 heterocycles. The zero-order valence-corrected chi connectivity index (χ0v) is 18.5. The van der Waals surface area contributed by atoms with Crippen LogP contribution in [0.1, 0.15) is 24.0 Å². The first-order valence-electron chi connectivity index (χ1n) is 10.6. The van der Waals surface area contributed by atoms with E-state index in [9.17, 15) is 13.2 Å². The summed E-state index contributed by atoms with van der Waals surface area (Å²) in [6.07, 6.45) is 5.61. The molecule has 0 unspecified atom stereocenters. The SMILES string of the molecule is O=C(NCc1cccnc1)Nc1ccc(S(=O)(=O)Cc2ccccc2N2CCCC2)cc1. The monoisotopic (exact) mass is 450 g/mol. The van der Waals surface area contributed by atoms with Gasteiger partial charge >= 0.3 is 6.03 Å². The van der Waals surface area contributed by atoms with E-state index in [4.69, 9.17) is 0 Å². The number of pyridine rings is 1. The standard InChI is InChI=1S/C24H26N4O3S/c29-24(26-17-19-6-5-13-25-16-19)27-21-9-11-22(12-10-21)32(30,31)18-20-7-1-2-8-23(20)28-14-3-4-15-28/h1-2,5-13,16H,3-4,14-15,17-18H2,(H2,26,27,29). The van der Waals surface area contributed by atoms with E-state index in [1.165, 1.54) is 12.1 Å². The lowest BCUT2D eigenvalue weighted by molar-refractivity contribution is 0.251. The molecule has 3 aromatic rings. The lowest BCUT2D eigenvalue weighted by Crippen LogP contribution is -2.28. The van der Waals surface area contributed by atoms with Crippen LogP contribution in [0.15, 0.2) is 78.0 Å². The Morgan fingerprint density at radius 3 is 2.44 bits per heavy atom. The van der Waals surface area contributed by atoms with Crippen LogP contribution in [0.25, 0.3) is 0 Å². The third-order valence-electron chi connectivity index (χ3n) is 5.43. The Morgan fingerprint density at radius 2 is 1.72 bits per heavy atom. The highest BCUT2D eigenvalue weighted by Gasteiger charge is 2.21. The quantitative estimate of drug-likeness (QED) is 0.568. The maximum Gasteiger partial charge on any atom is 0.319 e. The van der Waals surface area contributed by atoms with Crippen molar-refractivity contribution in [3.63, 3.8) is 0 Å². The number of hydrogen-bond donors (Lipinski definition) is 2. The Kier molecular flexibility index (Phi) is 6.70. The fourth-order valence-corrected chi connectivity index (χ4v) is 5.16. The number of sulfone groups is 1. The van der Waals surface area contributed by atoms with E-state index in [1.54, 1.807) is 30.6 Å². The zero-order chi connectivity index (χ0) is 22.4. The number of amides is 2. The number of anilines is 2. The molecule has 2 aromatic carbocycles. The molecule has 1 fully saturated rings. The van der Waals surface area contributed by atoms with Crippen molar-refractivity contribution in [3.05, 3.63) is 84.2 Å². The van der Waals surface area contributed by atoms with E-state index >= 15 is 0 Å². The van der Waals surface area contributed by atoms with Crippen LogP contribution in [0.2, 0.25) is 0 Å². The molecule has 4 rings (SSSR count). The smallest absolute Gasteiger partial charge is 0.319 e. The van der Waals surface area contributed by atoms with Crippen molar-refractivity contribution in [3.8, 4) is 0 Å². The molecule has 1 aliphatic rings. The molecule has 0 aliphatic carbocycles. The summed E-state index contributed by atoms with van der Waals surface area (Å²) in [5, 5.41) is 5.46. The van der Waals surface area contributed by atoms with E-state index in [2.05, 4.69) is 20.5 Å². The number of rotatable bonds is 7. The van der Waals surface area contributed by atoms with E-state index in [1.807, 2.05) is 30.3 Å². The van der Waals surface area contributed by atoms with Crippen LogP contribution in [-0.2, 0) is 22.1 Å². The first-order chi connectivity index (χ1) is 15.5. The second kappa shape index (κ2) is 9.82. The van der Waals surface area contributed by atoms with Gasteiger partial charge in [-0.05, 0) is 60.4 Å². The third-order valence-corrected chi connectivity index (χ3v) is 7.11. The van der Waals surface area contributed by atoms with E-state index in [0.717, 1.165) is 42.7 Å². The van der Waals surface area contributed by atoms with Crippen molar-refractivity contribution in [1.82, 2.24) is 10.3 Å². The normalized spacial score (nSPS) is 13.7. The van der Waals surface area contributed by atoms with Gasteiger partial charge in [0.2, 0.25) is 0 Å². The van der Waals surface area contributed by atoms with E-state index in [-0.39, 0.29) is 16.7 Å². The van der Waals surface area contributed by atoms with Crippen LogP contribution in [0.4, 0.5) is 16.2 Å². The Labute approximate surface area is 188 Å². The second-order valence-electron chi connectivity index (χ2n) is 7.78. The summed E-state index contributed by atoms with van der Waals surface area (Å²) in [7, 11) is -3.52. The summed E-state index contributed by atoms with van der Waals surface area (Å²) in [6.45, 7) is 2.27. The van der Waals surface area contributed by atoms with Crippen LogP contribution in [0.3, 0.4) is 0 Å². The Balaban J connectivity index is 1.39. The fraction of sp³-hybridized carbons (Fsp3) is 0.250. The van der Waals surface area contributed by atoms with Crippen molar-refractivity contribution < 1.29 is 13.2 Å². The number of hydrogen-bond acceptors (Lipinski definition) is 5. The second-order valence-corrected chi connectivity index (χ2v) is 9.76. The van der Waals surface area contributed by atoms with Gasteiger partial charge in [-0.3, -0.25) is 4.98 Å². The van der Waals surface area contributed by atoms with E-state index < -0.39 is 9.84 Å². The van der Waals surface area contributed by atoms with Gasteiger partial charge in [0.05, 0.1) is 10.6 Å². The summed E-state index contributed by atoms with van der Waals surface area (Å²) in [6, 6.07) is 17.3. The van der Waals surface area contributed by atoms with Gasteiger partial charge in [0.25, 0.3) is 0 Å². The van der Waals surface area contributed by atoms with Crippen molar-refractivity contribution in [2.24, 2.45) is 0 Å². The first-order valence-corrected chi connectivity index (χ1v) is 12.3. The van der Waals surface area contributed by atoms with Gasteiger partial charge in [0, 0.05) is 43.4 Å². The lowest BCUT2D eigenvalue weighted by Gasteiger charge is -2.21. The minimum absolute atomic E-state index is 0.0575. The molecule has 1 aliphatic heterocycles. The molecule has 2 N–H and O–H groups in total. The molecule has 0 atom stereocenters. The topological polar surface area (TPSA) is 91.4 Å². The molecular weight excluding hydrogens is 424 g/mol. The van der Waals surface area contributed by atoms with Gasteiger partial charge in [-0.2, -0.15) is 0 Å². The molecule has 1 saturated heterocycles. The zero-order valence-electron chi connectivity index (χ0n) is 17.7. The van der Waals surface area contributed by atoms with Gasteiger partial charge in [0.1, 0.15) is 0 Å². The number of nitrogens with one attached hydrogen (secondary N) is 2. The minimum atomic E-state index is -3.52. The van der Waals surface area contributed by atoms with Crippen LogP contribution in [0.5, 0.6) is 0 Å². The van der Waals surface area contributed by atoms with Crippen LogP contribution in [-0.4, -0.2) is 32.5 Å². The summed E-state index contributed by atoms with van der Waals surface area (Å²) in [4.78, 5) is 18.6. The van der Waals surface area contributed by atoms with Gasteiger partial charge < -0.3 is 15.5 Å². The highest BCUT2D eigenvalue weighted by Crippen LogP contribution is 2.28. The van der Waals surface area contributed by atoms with Gasteiger partial charge in [0.15, 0.2) is 9.84 Å². The highest BCUT2D eigenvalue weighted by molar-refractivity contribution is 7.90. The number of para-hydroxylation sites is 1. The Hall–Kier alpha value is -3.39. The minimum Gasteiger partial charge on any atom is -0.371 e. The molecule has 0 saturated carbocycles. The van der Waals surface area contributed by atoms with Crippen LogP contribution < -0.4 is 15.5 Å². The molecule has 0 bridgehead atoms. The van der Waals surface area contributed by atoms with Crippen molar-refractivity contribution in [2.45, 2.75) is 30.0 Å². The third kappa shape index (κ3) is 5.45. The number of nitrogens with zero attached hydrogens (tertiary/aromatic N) is 2. The first kappa shape index (κ1) is 21.8. The number of carbonyl (C=O) groups excluding carboxylic acids is 1. The van der Waals surface area contributed by atoms with Gasteiger partial charge in [-0.15, -0.1) is 0 Å². The summed E-state index contributed by atoms with van der Waals surface area (Å²) >= 11 is 0. The number of urea groups is 1. The predicted molar refractivity (Wildman–Crippen MR) is 125 cm³/mol. The fourth-order valence-electron chi connectivity index (χ4n) is 3.79. The summed E-state index contributed by atoms with van der Waals surface area (Å²) in [5.74, 6) is -0.0575. The largest absolute Gasteiger partial charge is 0.371 e. The molecule has 166 valence electrons. The van der Waals surface area contributed by atoms with E-state index in [0.29, 0.717) is 12.2 Å². The lowest BCUT2D eigenvalue weighted by atomic mass is 10.2. The summed E-state index contributed by atoms with van der Waals surface area (Å²) in [5.41, 5.74) is 3.21. The molecule has 7 nitrogen and oxygen atoms in total. The van der Waals surface area contributed by atoms with Gasteiger partial charge in [-0.25, -0.2) is 13.2 Å². The Bertz CT molecular complexity index is 1160. The maximum absolute atomic E-state index is 13.0. The number of carbonyl (C=O) groups is 1. The van der Waals surface area contributed by atoms with Crippen LogP contribution in [0, 0.1) is 0 Å². The van der Waals surface area contributed by atoms with Gasteiger partial charge in [-0.1, -0.05) is 24.3 Å².